The maximum Gasteiger partial charge on any atom is 0.279 e. The van der Waals surface area contributed by atoms with Crippen molar-refractivity contribution < 1.29 is 9.53 Å². The van der Waals surface area contributed by atoms with Crippen LogP contribution >= 0.6 is 0 Å². The molecule has 0 aliphatic carbocycles. The lowest BCUT2D eigenvalue weighted by Gasteiger charge is -2.34. The highest BCUT2D eigenvalue weighted by Gasteiger charge is 2.29. The number of anilines is 3. The van der Waals surface area contributed by atoms with Gasteiger partial charge in [-0.05, 0) is 25.6 Å². The number of ether oxygens (including phenoxy) is 1. The number of rotatable bonds is 6. The lowest BCUT2D eigenvalue weighted by Crippen LogP contribution is -2.44. The molecule has 2 aliphatic rings. The lowest BCUT2D eigenvalue weighted by molar-refractivity contribution is -0.127. The summed E-state index contributed by atoms with van der Waals surface area (Å²) in [6.07, 6.45) is 2.29. The Balaban J connectivity index is 1.38. The van der Waals surface area contributed by atoms with Crippen LogP contribution in [-0.2, 0) is 4.79 Å². The molecule has 41 heavy (non-hydrogen) atoms. The zero-order chi connectivity index (χ0) is 28.5. The van der Waals surface area contributed by atoms with E-state index in [1.807, 2.05) is 42.5 Å². The van der Waals surface area contributed by atoms with Crippen LogP contribution in [0.3, 0.4) is 0 Å². The van der Waals surface area contributed by atoms with Crippen molar-refractivity contribution in [3.63, 3.8) is 0 Å². The molecule has 4 heterocycles. The van der Waals surface area contributed by atoms with Crippen LogP contribution in [0.4, 0.5) is 17.3 Å². The summed E-state index contributed by atoms with van der Waals surface area (Å²) >= 11 is 0. The summed E-state index contributed by atoms with van der Waals surface area (Å²) in [5.74, 6) is 0.992. The molecule has 11 nitrogen and oxygen atoms in total. The Morgan fingerprint density at radius 3 is 2.51 bits per heavy atom. The van der Waals surface area contributed by atoms with E-state index >= 15 is 0 Å². The van der Waals surface area contributed by atoms with Gasteiger partial charge >= 0.3 is 0 Å². The number of methoxy groups -OCH3 is 1. The third-order valence-electron chi connectivity index (χ3n) is 7.95. The number of amides is 1. The molecule has 212 valence electrons. The van der Waals surface area contributed by atoms with Gasteiger partial charge in [-0.15, -0.1) is 0 Å². The summed E-state index contributed by atoms with van der Waals surface area (Å²) in [5.41, 5.74) is 3.58. The molecule has 0 bridgehead atoms. The predicted octanol–water partition coefficient (Wildman–Crippen LogP) is 3.15. The summed E-state index contributed by atoms with van der Waals surface area (Å²) in [6, 6.07) is 15.2. The van der Waals surface area contributed by atoms with Crippen molar-refractivity contribution in [1.82, 2.24) is 29.3 Å². The van der Waals surface area contributed by atoms with Crippen molar-refractivity contribution in [2.75, 3.05) is 63.6 Å². The SMILES string of the molecule is COc1cc(N2CCN(C)CC2)ccc1Nc1ncc2nc(-c3ccccc3)c(=O)n([C@H]3CCN(C(C)=O)C3)c2n1. The van der Waals surface area contributed by atoms with E-state index < -0.39 is 0 Å². The molecule has 2 aliphatic heterocycles. The van der Waals surface area contributed by atoms with Crippen LogP contribution in [0.1, 0.15) is 19.4 Å². The fraction of sp³-hybridized carbons (Fsp3) is 0.367. The highest BCUT2D eigenvalue weighted by atomic mass is 16.5. The Kier molecular flexibility index (Phi) is 7.27. The van der Waals surface area contributed by atoms with Gasteiger partial charge in [-0.25, -0.2) is 9.97 Å². The highest BCUT2D eigenvalue weighted by Crippen LogP contribution is 2.32. The number of hydrogen-bond acceptors (Lipinski definition) is 9. The van der Waals surface area contributed by atoms with Gasteiger partial charge in [0.25, 0.3) is 5.56 Å². The monoisotopic (exact) mass is 554 g/mol. The van der Waals surface area contributed by atoms with Gasteiger partial charge in [0.1, 0.15) is 17.0 Å². The second kappa shape index (κ2) is 11.2. The maximum atomic E-state index is 13.9. The third kappa shape index (κ3) is 5.32. The number of hydrogen-bond donors (Lipinski definition) is 1. The first-order valence-electron chi connectivity index (χ1n) is 13.9. The first-order valence-corrected chi connectivity index (χ1v) is 13.9. The largest absolute Gasteiger partial charge is 0.494 e. The topological polar surface area (TPSA) is 109 Å². The van der Waals surface area contributed by atoms with E-state index in [0.717, 1.165) is 43.1 Å². The van der Waals surface area contributed by atoms with Crippen molar-refractivity contribution in [1.29, 1.82) is 0 Å². The molecular weight excluding hydrogens is 520 g/mol. The van der Waals surface area contributed by atoms with Crippen molar-refractivity contribution in [3.8, 4) is 17.0 Å². The van der Waals surface area contributed by atoms with Gasteiger partial charge in [0.2, 0.25) is 11.9 Å². The van der Waals surface area contributed by atoms with Gasteiger partial charge in [0.15, 0.2) is 5.65 Å². The number of aromatic nitrogens is 4. The molecule has 0 spiro atoms. The number of likely N-dealkylation sites (N-methyl/N-ethyl adjacent to an activating group) is 1. The fourth-order valence-corrected chi connectivity index (χ4v) is 5.59. The zero-order valence-corrected chi connectivity index (χ0v) is 23.6. The van der Waals surface area contributed by atoms with Crippen LogP contribution < -0.4 is 20.5 Å². The molecule has 2 saturated heterocycles. The smallest absolute Gasteiger partial charge is 0.279 e. The number of benzene rings is 2. The van der Waals surface area contributed by atoms with Crippen LogP contribution in [0.2, 0.25) is 0 Å². The minimum absolute atomic E-state index is 0.00806. The first-order chi connectivity index (χ1) is 19.9. The molecule has 1 amide bonds. The Morgan fingerprint density at radius 1 is 1.02 bits per heavy atom. The normalized spacial score (nSPS) is 17.7. The zero-order valence-electron chi connectivity index (χ0n) is 23.6. The third-order valence-corrected chi connectivity index (χ3v) is 7.95. The van der Waals surface area contributed by atoms with E-state index in [1.165, 1.54) is 0 Å². The van der Waals surface area contributed by atoms with Gasteiger partial charge in [-0.1, -0.05) is 30.3 Å². The van der Waals surface area contributed by atoms with Gasteiger partial charge in [0.05, 0.1) is 25.0 Å². The van der Waals surface area contributed by atoms with Crippen molar-refractivity contribution >= 4 is 34.4 Å². The van der Waals surface area contributed by atoms with Crippen molar-refractivity contribution in [3.05, 3.63) is 65.1 Å². The average Bonchev–Trinajstić information content (AvgIpc) is 3.48. The molecule has 6 rings (SSSR count). The standard InChI is InChI=1S/C30H34N8O3/c1-20(39)37-12-11-23(19-37)38-28-25(32-27(29(38)40)21-7-5-4-6-8-21)18-31-30(34-28)33-24-10-9-22(17-26(24)41-3)36-15-13-35(2)14-16-36/h4-10,17-18,23H,11-16,19H2,1-3H3,(H,31,33,34)/t23-/m0/s1. The second-order valence-corrected chi connectivity index (χ2v) is 10.6. The first kappa shape index (κ1) is 26.7. The Bertz CT molecular complexity index is 1630. The molecule has 0 saturated carbocycles. The van der Waals surface area contributed by atoms with E-state index in [0.29, 0.717) is 48.1 Å². The number of fused-ring (bicyclic) bond motifs is 1. The average molecular weight is 555 g/mol. The summed E-state index contributed by atoms with van der Waals surface area (Å²) in [6.45, 7) is 6.52. The minimum atomic E-state index is -0.238. The van der Waals surface area contributed by atoms with Crippen LogP contribution in [0.25, 0.3) is 22.4 Å². The summed E-state index contributed by atoms with van der Waals surface area (Å²) in [4.78, 5) is 46.4. The minimum Gasteiger partial charge on any atom is -0.494 e. The van der Waals surface area contributed by atoms with Crippen LogP contribution in [-0.4, -0.2) is 88.7 Å². The summed E-state index contributed by atoms with van der Waals surface area (Å²) < 4.78 is 7.41. The molecule has 2 aromatic heterocycles. The Labute approximate surface area is 238 Å². The number of nitrogens with zero attached hydrogens (tertiary/aromatic N) is 7. The van der Waals surface area contributed by atoms with Crippen molar-refractivity contribution in [2.24, 2.45) is 0 Å². The molecule has 0 radical (unpaired) electrons. The van der Waals surface area contributed by atoms with E-state index in [-0.39, 0.29) is 17.5 Å². The van der Waals surface area contributed by atoms with Gasteiger partial charge in [-0.2, -0.15) is 4.98 Å². The number of carbonyl (C=O) groups is 1. The second-order valence-electron chi connectivity index (χ2n) is 10.6. The van der Waals surface area contributed by atoms with E-state index in [9.17, 15) is 9.59 Å². The van der Waals surface area contributed by atoms with Gasteiger partial charge in [-0.3, -0.25) is 14.2 Å². The fourth-order valence-electron chi connectivity index (χ4n) is 5.59. The molecule has 11 heteroatoms. The number of likely N-dealkylation sites (tertiary alicyclic amines) is 1. The molecular formula is C30H34N8O3. The Hall–Kier alpha value is -4.51. The molecule has 2 aromatic carbocycles. The molecule has 1 atom stereocenters. The van der Waals surface area contributed by atoms with E-state index in [4.69, 9.17) is 9.72 Å². The van der Waals surface area contributed by atoms with E-state index in [2.05, 4.69) is 38.2 Å². The summed E-state index contributed by atoms with van der Waals surface area (Å²) in [5, 5.41) is 3.28. The molecule has 4 aromatic rings. The lowest BCUT2D eigenvalue weighted by atomic mass is 10.1. The number of piperazine rings is 1. The maximum absolute atomic E-state index is 13.9. The number of nitrogens with one attached hydrogen (secondary N) is 1. The Morgan fingerprint density at radius 2 is 1.80 bits per heavy atom. The predicted molar refractivity (Wildman–Crippen MR) is 159 cm³/mol. The van der Waals surface area contributed by atoms with Crippen LogP contribution in [0.15, 0.2) is 59.5 Å². The molecule has 2 fully saturated rings. The van der Waals surface area contributed by atoms with Crippen LogP contribution in [0.5, 0.6) is 5.75 Å². The van der Waals surface area contributed by atoms with Crippen molar-refractivity contribution in [2.45, 2.75) is 19.4 Å². The molecule has 1 N–H and O–H groups in total. The van der Waals surface area contributed by atoms with E-state index in [1.54, 1.807) is 29.7 Å². The van der Waals surface area contributed by atoms with Gasteiger partial charge in [0, 0.05) is 63.5 Å². The highest BCUT2D eigenvalue weighted by molar-refractivity contribution is 5.77. The summed E-state index contributed by atoms with van der Waals surface area (Å²) in [7, 11) is 3.78. The quantitative estimate of drug-likeness (QED) is 0.384. The van der Waals surface area contributed by atoms with Crippen LogP contribution in [0, 0.1) is 0 Å². The van der Waals surface area contributed by atoms with Gasteiger partial charge < -0.3 is 24.8 Å². The molecule has 0 unspecified atom stereocenters. The number of carbonyl (C=O) groups excluding carboxylic acids is 1.